The number of allylic oxidation sites excluding steroid dienone is 5. The van der Waals surface area contributed by atoms with Crippen molar-refractivity contribution in [3.05, 3.63) is 99.4 Å². The van der Waals surface area contributed by atoms with Gasteiger partial charge in [0.2, 0.25) is 5.91 Å². The molecular formula is C37H55BrN2O5. The number of nitrogens with one attached hydrogen (secondary N) is 1. The number of carbonyl (C=O) groups is 2. The number of halogens is 1. The molecule has 2 N–H and O–H groups in total. The van der Waals surface area contributed by atoms with Gasteiger partial charge >= 0.3 is 5.97 Å². The van der Waals surface area contributed by atoms with E-state index in [1.807, 2.05) is 66.0 Å². The summed E-state index contributed by atoms with van der Waals surface area (Å²) in [5.74, 6) is -0.119. The normalized spacial score (nSPS) is 11.9. The summed E-state index contributed by atoms with van der Waals surface area (Å²) in [6.45, 7) is 17.7. The van der Waals surface area contributed by atoms with E-state index in [0.717, 1.165) is 35.4 Å². The first-order valence-corrected chi connectivity index (χ1v) is 16.5. The summed E-state index contributed by atoms with van der Waals surface area (Å²) in [7, 11) is 1.61. The Labute approximate surface area is 280 Å². The predicted molar refractivity (Wildman–Crippen MR) is 193 cm³/mol. The van der Waals surface area contributed by atoms with Crippen LogP contribution in [0.4, 0.5) is 0 Å². The second-order valence-corrected chi connectivity index (χ2v) is 9.93. The number of aliphatic imine (C=N–C) groups is 1. The maximum atomic E-state index is 11.4. The van der Waals surface area contributed by atoms with Crippen molar-refractivity contribution in [3.63, 3.8) is 0 Å². The van der Waals surface area contributed by atoms with Crippen molar-refractivity contribution < 1.29 is 24.2 Å². The summed E-state index contributed by atoms with van der Waals surface area (Å²) in [5, 5.41) is 11.7. The van der Waals surface area contributed by atoms with Crippen LogP contribution >= 0.6 is 15.9 Å². The number of carbonyl (C=O) groups excluding carboxylic acids is 1. The lowest BCUT2D eigenvalue weighted by atomic mass is 10.1. The zero-order chi connectivity index (χ0) is 34.6. The van der Waals surface area contributed by atoms with Gasteiger partial charge in [-0.3, -0.25) is 9.79 Å². The topological polar surface area (TPSA) is 97.2 Å². The molecule has 0 heterocycles. The number of rotatable bonds is 14. The molecule has 0 saturated carbocycles. The fourth-order valence-corrected chi connectivity index (χ4v) is 4.18. The molecular weight excluding hydrogens is 632 g/mol. The molecule has 2 rings (SSSR count). The molecule has 1 amide bonds. The lowest BCUT2D eigenvalue weighted by Crippen LogP contribution is -2.41. The highest BCUT2D eigenvalue weighted by atomic mass is 79.9. The summed E-state index contributed by atoms with van der Waals surface area (Å²) in [4.78, 5) is 27.2. The number of aryl methyl sites for hydroxylation is 1. The largest absolute Gasteiger partial charge is 0.500 e. The van der Waals surface area contributed by atoms with Crippen LogP contribution in [0.3, 0.4) is 0 Å². The first-order chi connectivity index (χ1) is 21.6. The lowest BCUT2D eigenvalue weighted by molar-refractivity contribution is -0.141. The number of carboxylic acids is 1. The third-order valence-electron chi connectivity index (χ3n) is 5.84. The van der Waals surface area contributed by atoms with Crippen LogP contribution in [0.5, 0.6) is 5.75 Å². The van der Waals surface area contributed by atoms with Crippen LogP contribution in [-0.2, 0) is 27.2 Å². The van der Waals surface area contributed by atoms with E-state index in [2.05, 4.69) is 70.4 Å². The van der Waals surface area contributed by atoms with Gasteiger partial charge in [0.05, 0.1) is 23.9 Å². The lowest BCUT2D eigenvalue weighted by Gasteiger charge is -2.15. The van der Waals surface area contributed by atoms with Crippen molar-refractivity contribution in [2.45, 2.75) is 94.0 Å². The van der Waals surface area contributed by atoms with Crippen LogP contribution in [0.2, 0.25) is 0 Å². The molecule has 0 spiro atoms. The van der Waals surface area contributed by atoms with Gasteiger partial charge in [0.15, 0.2) is 0 Å². The minimum absolute atomic E-state index is 0.169. The van der Waals surface area contributed by atoms with Crippen molar-refractivity contribution in [2.75, 3.05) is 13.7 Å². The highest BCUT2D eigenvalue weighted by Gasteiger charge is 2.19. The average Bonchev–Trinajstić information content (AvgIpc) is 3.05. The van der Waals surface area contributed by atoms with E-state index in [1.165, 1.54) is 12.5 Å². The first-order valence-electron chi connectivity index (χ1n) is 15.7. The van der Waals surface area contributed by atoms with Crippen LogP contribution in [0, 0.1) is 0 Å². The number of nitrogens with zero attached hydrogens (tertiary/aromatic N) is 1. The molecule has 8 heteroatoms. The second-order valence-electron chi connectivity index (χ2n) is 9.08. The highest BCUT2D eigenvalue weighted by molar-refractivity contribution is 9.10. The summed E-state index contributed by atoms with van der Waals surface area (Å²) in [6, 6.07) is 14.8. The number of benzene rings is 2. The van der Waals surface area contributed by atoms with Gasteiger partial charge in [0.1, 0.15) is 17.6 Å². The minimum atomic E-state index is -1.08. The molecule has 2 aromatic rings. The van der Waals surface area contributed by atoms with Crippen LogP contribution in [0.25, 0.3) is 0 Å². The van der Waals surface area contributed by atoms with Gasteiger partial charge < -0.3 is 19.9 Å². The third kappa shape index (κ3) is 20.1. The second kappa shape index (κ2) is 27.9. The molecule has 0 aromatic heterocycles. The zero-order valence-corrected chi connectivity index (χ0v) is 30.5. The maximum Gasteiger partial charge on any atom is 0.326 e. The Balaban J connectivity index is 0. The molecule has 0 radical (unpaired) electrons. The fraction of sp³-hybridized carbons (Fsp3) is 0.432. The van der Waals surface area contributed by atoms with Crippen molar-refractivity contribution >= 4 is 34.0 Å². The van der Waals surface area contributed by atoms with Gasteiger partial charge in [-0.1, -0.05) is 96.2 Å². The van der Waals surface area contributed by atoms with Crippen molar-refractivity contribution in [1.82, 2.24) is 5.32 Å². The quantitative estimate of drug-likeness (QED) is 0.117. The Morgan fingerprint density at radius 2 is 1.67 bits per heavy atom. The molecule has 0 aliphatic rings. The summed E-state index contributed by atoms with van der Waals surface area (Å²) in [6.07, 6.45) is 10.7. The summed E-state index contributed by atoms with van der Waals surface area (Å²) >= 11 is 3.48. The number of ether oxygens (including phenoxy) is 2. The maximum absolute atomic E-state index is 11.4. The van der Waals surface area contributed by atoms with E-state index in [9.17, 15) is 14.7 Å². The van der Waals surface area contributed by atoms with Gasteiger partial charge in [-0.15, -0.1) is 0 Å². The Kier molecular flexibility index (Phi) is 26.9. The Morgan fingerprint density at radius 3 is 2.13 bits per heavy atom. The third-order valence-corrected chi connectivity index (χ3v) is 6.46. The van der Waals surface area contributed by atoms with Gasteiger partial charge in [0.25, 0.3) is 0 Å². The van der Waals surface area contributed by atoms with Crippen molar-refractivity contribution in [3.8, 4) is 5.75 Å². The number of carboxylic acid groups (broad SMARTS) is 1. The number of amides is 1. The van der Waals surface area contributed by atoms with Gasteiger partial charge in [-0.2, -0.15) is 0 Å². The minimum Gasteiger partial charge on any atom is -0.500 e. The van der Waals surface area contributed by atoms with Gasteiger partial charge in [0, 0.05) is 26.0 Å². The molecule has 1 unspecified atom stereocenters. The number of aliphatic carboxylic acids is 1. The zero-order valence-electron chi connectivity index (χ0n) is 28.9. The molecule has 7 nitrogen and oxygen atoms in total. The van der Waals surface area contributed by atoms with Crippen molar-refractivity contribution in [1.29, 1.82) is 0 Å². The van der Waals surface area contributed by atoms with Crippen LogP contribution in [-0.4, -0.2) is 43.0 Å². The monoisotopic (exact) mass is 686 g/mol. The Hall–Kier alpha value is -3.65. The smallest absolute Gasteiger partial charge is 0.326 e. The average molecular weight is 688 g/mol. The SMILES string of the molecule is CC.CC.CCc1ccccc1.C\C=C/C(/C=N/C(CCOc1ccc(CC(NC(C)=O)C(=O)O)cc1Br)=C(/C)OC)=C\CC. The number of methoxy groups -OCH3 is 1. The molecule has 2 aromatic carbocycles. The van der Waals surface area contributed by atoms with Crippen LogP contribution < -0.4 is 10.1 Å². The molecule has 45 heavy (non-hydrogen) atoms. The van der Waals surface area contributed by atoms with E-state index < -0.39 is 12.0 Å². The summed E-state index contributed by atoms with van der Waals surface area (Å²) < 4.78 is 12.0. The number of hydrogen-bond acceptors (Lipinski definition) is 5. The molecule has 250 valence electrons. The van der Waals surface area contributed by atoms with E-state index in [-0.39, 0.29) is 12.3 Å². The summed E-state index contributed by atoms with van der Waals surface area (Å²) in [5.41, 5.74) is 3.98. The van der Waals surface area contributed by atoms with Crippen LogP contribution in [0.1, 0.15) is 86.3 Å². The molecule has 0 bridgehead atoms. The van der Waals surface area contributed by atoms with Gasteiger partial charge in [-0.25, -0.2) is 4.79 Å². The standard InChI is InChI=1S/C25H33BrN2O5.C8H10.2C2H6/c1-6-8-19(9-7-2)16-27-22(17(3)32-5)12-13-33-24-11-10-20(14-21(24)26)15-23(25(30)31)28-18(4)29;1-2-8-6-4-3-5-7-8;2*1-2/h6,8-11,14,16,23H,7,12-13,15H2,1-5H3,(H,28,29)(H,30,31);3-7H,2H2,1H3;2*1-2H3/b8-6-,19-9+,22-17-,27-16+;;;. The molecule has 0 aliphatic heterocycles. The van der Waals surface area contributed by atoms with E-state index in [0.29, 0.717) is 23.2 Å². The van der Waals surface area contributed by atoms with Crippen LogP contribution in [0.15, 0.2) is 93.3 Å². The molecule has 0 aliphatic carbocycles. The Bertz CT molecular complexity index is 1220. The predicted octanol–water partition coefficient (Wildman–Crippen LogP) is 9.51. The van der Waals surface area contributed by atoms with Gasteiger partial charge in [-0.05, 0) is 71.5 Å². The first kappa shape index (κ1) is 43.5. The van der Waals surface area contributed by atoms with E-state index in [1.54, 1.807) is 25.3 Å². The fourth-order valence-electron chi connectivity index (χ4n) is 3.63. The molecule has 0 saturated heterocycles. The van der Waals surface area contributed by atoms with E-state index >= 15 is 0 Å². The highest BCUT2D eigenvalue weighted by Crippen LogP contribution is 2.27. The Morgan fingerprint density at radius 1 is 1.02 bits per heavy atom. The molecule has 1 atom stereocenters. The van der Waals surface area contributed by atoms with E-state index in [4.69, 9.17) is 9.47 Å². The molecule has 0 fully saturated rings. The number of hydrogen-bond donors (Lipinski definition) is 2. The van der Waals surface area contributed by atoms with Crippen molar-refractivity contribution in [2.24, 2.45) is 4.99 Å².